The summed E-state index contributed by atoms with van der Waals surface area (Å²) in [6, 6.07) is 6.06. The molecule has 2 rings (SSSR count). The zero-order chi connectivity index (χ0) is 14.0. The second kappa shape index (κ2) is 5.45. The van der Waals surface area contributed by atoms with Crippen LogP contribution in [0.25, 0.3) is 11.3 Å². The van der Waals surface area contributed by atoms with Gasteiger partial charge in [-0.05, 0) is 37.6 Å². The average Bonchev–Trinajstić information content (AvgIpc) is 2.67. The molecule has 1 heterocycles. The molecule has 1 N–H and O–H groups in total. The Labute approximate surface area is 113 Å². The summed E-state index contributed by atoms with van der Waals surface area (Å²) in [4.78, 5) is 4.63. The molecule has 4 heteroatoms. The molecular formula is C15H20N2O2. The third-order valence-corrected chi connectivity index (χ3v) is 3.48. The summed E-state index contributed by atoms with van der Waals surface area (Å²) >= 11 is 0. The highest BCUT2D eigenvalue weighted by molar-refractivity contribution is 5.64. The van der Waals surface area contributed by atoms with Crippen LogP contribution in [0.4, 0.5) is 0 Å². The Morgan fingerprint density at radius 3 is 2.63 bits per heavy atom. The molecule has 0 radical (unpaired) electrons. The predicted molar refractivity (Wildman–Crippen MR) is 75.5 cm³/mol. The Hall–Kier alpha value is -1.81. The third kappa shape index (κ3) is 2.49. The normalized spacial score (nSPS) is 10.8. The molecule has 0 unspecified atom stereocenters. The number of aromatic nitrogens is 2. The van der Waals surface area contributed by atoms with Gasteiger partial charge in [-0.15, -0.1) is 0 Å². The molecule has 2 aromatic rings. The summed E-state index contributed by atoms with van der Waals surface area (Å²) in [6.07, 6.45) is 0.576. The van der Waals surface area contributed by atoms with Gasteiger partial charge in [-0.2, -0.15) is 0 Å². The molecule has 1 aromatic carbocycles. The van der Waals surface area contributed by atoms with Crippen LogP contribution < -0.4 is 4.74 Å². The van der Waals surface area contributed by atoms with Gasteiger partial charge in [0, 0.05) is 24.7 Å². The molecule has 0 amide bonds. The van der Waals surface area contributed by atoms with E-state index in [-0.39, 0.29) is 6.61 Å². The van der Waals surface area contributed by atoms with E-state index in [0.717, 1.165) is 34.1 Å². The maximum atomic E-state index is 9.06. The van der Waals surface area contributed by atoms with Crippen molar-refractivity contribution in [2.45, 2.75) is 20.3 Å². The first-order valence-electron chi connectivity index (χ1n) is 6.36. The molecule has 19 heavy (non-hydrogen) atoms. The maximum absolute atomic E-state index is 9.06. The van der Waals surface area contributed by atoms with Crippen LogP contribution in [0.2, 0.25) is 0 Å². The number of ether oxygens (including phenoxy) is 1. The zero-order valence-corrected chi connectivity index (χ0v) is 11.9. The van der Waals surface area contributed by atoms with E-state index in [4.69, 9.17) is 9.84 Å². The number of aliphatic hydroxyl groups is 1. The molecule has 4 nitrogen and oxygen atoms in total. The SMILES string of the molecule is COc1ccc(-c2nc(CCO)n(C)c2C)cc1C. The van der Waals surface area contributed by atoms with Gasteiger partial charge in [0.25, 0.3) is 0 Å². The lowest BCUT2D eigenvalue weighted by Gasteiger charge is -2.06. The summed E-state index contributed by atoms with van der Waals surface area (Å²) in [6.45, 7) is 4.18. The van der Waals surface area contributed by atoms with Crippen molar-refractivity contribution < 1.29 is 9.84 Å². The number of imidazole rings is 1. The number of methoxy groups -OCH3 is 1. The lowest BCUT2D eigenvalue weighted by atomic mass is 10.1. The first kappa shape index (κ1) is 13.6. The van der Waals surface area contributed by atoms with Crippen molar-refractivity contribution in [1.82, 2.24) is 9.55 Å². The third-order valence-electron chi connectivity index (χ3n) is 3.48. The maximum Gasteiger partial charge on any atom is 0.121 e. The molecule has 0 aliphatic rings. The fourth-order valence-electron chi connectivity index (χ4n) is 2.26. The summed E-state index contributed by atoms with van der Waals surface area (Å²) in [7, 11) is 3.65. The van der Waals surface area contributed by atoms with E-state index in [0.29, 0.717) is 6.42 Å². The number of hydrogen-bond donors (Lipinski definition) is 1. The van der Waals surface area contributed by atoms with Crippen molar-refractivity contribution in [2.24, 2.45) is 7.05 Å². The Bertz CT molecular complexity index is 588. The summed E-state index contributed by atoms with van der Waals surface area (Å²) in [5, 5.41) is 9.06. The van der Waals surface area contributed by atoms with Crippen LogP contribution >= 0.6 is 0 Å². The number of aliphatic hydroxyl groups excluding tert-OH is 1. The van der Waals surface area contributed by atoms with E-state index in [1.165, 1.54) is 0 Å². The highest BCUT2D eigenvalue weighted by Gasteiger charge is 2.13. The Morgan fingerprint density at radius 2 is 2.05 bits per heavy atom. The van der Waals surface area contributed by atoms with Gasteiger partial charge in [-0.1, -0.05) is 0 Å². The smallest absolute Gasteiger partial charge is 0.121 e. The molecule has 0 fully saturated rings. The van der Waals surface area contributed by atoms with E-state index >= 15 is 0 Å². The second-order valence-corrected chi connectivity index (χ2v) is 4.68. The summed E-state index contributed by atoms with van der Waals surface area (Å²) < 4.78 is 7.31. The van der Waals surface area contributed by atoms with E-state index in [9.17, 15) is 0 Å². The number of nitrogens with zero attached hydrogens (tertiary/aromatic N) is 2. The first-order valence-corrected chi connectivity index (χ1v) is 6.36. The lowest BCUT2D eigenvalue weighted by molar-refractivity contribution is 0.295. The molecule has 0 saturated carbocycles. The fraction of sp³-hybridized carbons (Fsp3) is 0.400. The largest absolute Gasteiger partial charge is 0.496 e. The molecule has 0 aliphatic carbocycles. The number of benzene rings is 1. The van der Waals surface area contributed by atoms with Crippen molar-refractivity contribution in [3.8, 4) is 17.0 Å². The van der Waals surface area contributed by atoms with Gasteiger partial charge in [0.05, 0.1) is 19.4 Å². The van der Waals surface area contributed by atoms with Crippen LogP contribution in [0, 0.1) is 13.8 Å². The topological polar surface area (TPSA) is 47.3 Å². The minimum Gasteiger partial charge on any atom is -0.496 e. The first-order chi connectivity index (χ1) is 9.08. The van der Waals surface area contributed by atoms with Crippen LogP contribution in [0.1, 0.15) is 17.1 Å². The minimum absolute atomic E-state index is 0.116. The van der Waals surface area contributed by atoms with Gasteiger partial charge in [0.1, 0.15) is 11.6 Å². The van der Waals surface area contributed by atoms with Crippen molar-refractivity contribution >= 4 is 0 Å². The predicted octanol–water partition coefficient (Wildman–Crippen LogP) is 2.25. The van der Waals surface area contributed by atoms with E-state index in [1.54, 1.807) is 7.11 Å². The molecule has 0 saturated heterocycles. The number of rotatable bonds is 4. The number of hydrogen-bond acceptors (Lipinski definition) is 3. The molecule has 0 atom stereocenters. The standard InChI is InChI=1S/C15H20N2O2/c1-10-9-12(5-6-13(10)19-4)15-11(2)17(3)14(16-15)7-8-18/h5-6,9,18H,7-8H2,1-4H3. The molecule has 102 valence electrons. The van der Waals surface area contributed by atoms with Crippen LogP contribution in [0.3, 0.4) is 0 Å². The number of aryl methyl sites for hydroxylation is 1. The zero-order valence-electron chi connectivity index (χ0n) is 11.9. The summed E-state index contributed by atoms with van der Waals surface area (Å²) in [5.41, 5.74) is 4.24. The fourth-order valence-corrected chi connectivity index (χ4v) is 2.26. The van der Waals surface area contributed by atoms with Gasteiger partial charge in [0.15, 0.2) is 0 Å². The summed E-state index contributed by atoms with van der Waals surface area (Å²) in [5.74, 6) is 1.79. The Kier molecular flexibility index (Phi) is 3.90. The van der Waals surface area contributed by atoms with E-state index in [2.05, 4.69) is 11.1 Å². The van der Waals surface area contributed by atoms with Crippen molar-refractivity contribution in [2.75, 3.05) is 13.7 Å². The van der Waals surface area contributed by atoms with Gasteiger partial charge in [-0.3, -0.25) is 0 Å². The minimum atomic E-state index is 0.116. The average molecular weight is 260 g/mol. The molecule has 0 aliphatic heterocycles. The van der Waals surface area contributed by atoms with Crippen LogP contribution in [0.5, 0.6) is 5.75 Å². The van der Waals surface area contributed by atoms with Gasteiger partial charge >= 0.3 is 0 Å². The van der Waals surface area contributed by atoms with Crippen molar-refractivity contribution in [1.29, 1.82) is 0 Å². The molecule has 0 spiro atoms. The quantitative estimate of drug-likeness (QED) is 0.917. The van der Waals surface area contributed by atoms with Crippen molar-refractivity contribution in [3.05, 3.63) is 35.3 Å². The van der Waals surface area contributed by atoms with Crippen LogP contribution in [-0.2, 0) is 13.5 Å². The lowest BCUT2D eigenvalue weighted by Crippen LogP contribution is -2.01. The van der Waals surface area contributed by atoms with Gasteiger partial charge in [0.2, 0.25) is 0 Å². The van der Waals surface area contributed by atoms with Gasteiger partial charge in [-0.25, -0.2) is 4.98 Å². The van der Waals surface area contributed by atoms with Crippen molar-refractivity contribution in [3.63, 3.8) is 0 Å². The van der Waals surface area contributed by atoms with Gasteiger partial charge < -0.3 is 14.4 Å². The van der Waals surface area contributed by atoms with E-state index < -0.39 is 0 Å². The highest BCUT2D eigenvalue weighted by Crippen LogP contribution is 2.28. The van der Waals surface area contributed by atoms with E-state index in [1.807, 2.05) is 37.6 Å². The van der Waals surface area contributed by atoms with Crippen LogP contribution in [-0.4, -0.2) is 28.4 Å². The molecule has 1 aromatic heterocycles. The monoisotopic (exact) mass is 260 g/mol. The molecular weight excluding hydrogens is 240 g/mol. The Balaban J connectivity index is 2.47. The molecule has 0 bridgehead atoms. The van der Waals surface area contributed by atoms with Crippen LogP contribution in [0.15, 0.2) is 18.2 Å². The Morgan fingerprint density at radius 1 is 1.32 bits per heavy atom. The highest BCUT2D eigenvalue weighted by atomic mass is 16.5. The second-order valence-electron chi connectivity index (χ2n) is 4.68.